The molecule has 1 aliphatic carbocycles. The smallest absolute Gasteiger partial charge is 0.261 e. The number of hydrogen-bond donors (Lipinski definition) is 1. The van der Waals surface area contributed by atoms with Gasteiger partial charge in [-0.1, -0.05) is 24.3 Å². The minimum atomic E-state index is -0.336. The molecule has 0 unspecified atom stereocenters. The molecule has 0 saturated carbocycles. The molecule has 4 aromatic rings. The fraction of sp³-hybridized carbons (Fsp3) is 0.222. The van der Waals surface area contributed by atoms with E-state index in [-0.39, 0.29) is 17.0 Å². The number of rotatable bonds is 4. The maximum absolute atomic E-state index is 13.4. The number of nitrogens with one attached hydrogen (secondary N) is 1. The van der Waals surface area contributed by atoms with Gasteiger partial charge in [0.25, 0.3) is 5.91 Å². The third kappa shape index (κ3) is 4.09. The molecule has 0 spiro atoms. The summed E-state index contributed by atoms with van der Waals surface area (Å²) in [6, 6.07) is 17.2. The van der Waals surface area contributed by atoms with Crippen LogP contribution in [-0.4, -0.2) is 13.0 Å². The third-order valence-corrected chi connectivity index (χ3v) is 7.13. The predicted octanol–water partition coefficient (Wildman–Crippen LogP) is 6.05. The Morgan fingerprint density at radius 1 is 1.18 bits per heavy atom. The topological polar surface area (TPSA) is 87.6 Å². The van der Waals surface area contributed by atoms with E-state index in [9.17, 15) is 10.1 Å². The molecule has 0 radical (unpaired) electrons. The van der Waals surface area contributed by atoms with Crippen LogP contribution in [0.2, 0.25) is 0 Å². The number of carbonyl (C=O) groups is 1. The molecule has 1 aliphatic rings. The van der Waals surface area contributed by atoms with Crippen molar-refractivity contribution in [1.82, 2.24) is 0 Å². The number of nitriles is 1. The van der Waals surface area contributed by atoms with Crippen molar-refractivity contribution in [3.8, 4) is 11.8 Å². The normalized spacial score (nSPS) is 13.4. The van der Waals surface area contributed by atoms with Gasteiger partial charge in [0.05, 0.1) is 12.7 Å². The summed E-state index contributed by atoms with van der Waals surface area (Å²) in [5, 5.41) is 14.1. The molecule has 7 heteroatoms. The number of benzene rings is 2. The number of nitrogens with zero attached hydrogens (tertiary/aromatic N) is 2. The van der Waals surface area contributed by atoms with Crippen molar-refractivity contribution in [1.29, 1.82) is 5.26 Å². The number of para-hydroxylation sites is 1. The van der Waals surface area contributed by atoms with Gasteiger partial charge in [0.1, 0.15) is 16.6 Å². The number of anilines is 1. The second kappa shape index (κ2) is 9.16. The third-order valence-electron chi connectivity index (χ3n) is 5.95. The molecule has 0 aliphatic heterocycles. The average Bonchev–Trinajstić information content (AvgIpc) is 3.20. The number of amides is 1. The fourth-order valence-corrected chi connectivity index (χ4v) is 5.50. The molecule has 0 atom stereocenters. The van der Waals surface area contributed by atoms with E-state index in [4.69, 9.17) is 14.1 Å². The number of methoxy groups -OCH3 is 1. The first-order valence-electron chi connectivity index (χ1n) is 11.2. The van der Waals surface area contributed by atoms with Gasteiger partial charge in [0.15, 0.2) is 11.3 Å². The van der Waals surface area contributed by atoms with E-state index in [1.54, 1.807) is 19.2 Å². The molecule has 2 heterocycles. The highest BCUT2D eigenvalue weighted by atomic mass is 32.1. The van der Waals surface area contributed by atoms with Gasteiger partial charge in [0, 0.05) is 16.0 Å². The average molecular weight is 470 g/mol. The van der Waals surface area contributed by atoms with Gasteiger partial charge in [-0.2, -0.15) is 5.26 Å². The van der Waals surface area contributed by atoms with Gasteiger partial charge in [-0.15, -0.1) is 11.3 Å². The van der Waals surface area contributed by atoms with Crippen LogP contribution >= 0.6 is 11.3 Å². The highest BCUT2D eigenvalue weighted by Crippen LogP contribution is 2.39. The van der Waals surface area contributed by atoms with Crippen LogP contribution in [0.4, 0.5) is 10.7 Å². The zero-order valence-corrected chi connectivity index (χ0v) is 19.8. The zero-order valence-electron chi connectivity index (χ0n) is 19.0. The van der Waals surface area contributed by atoms with E-state index in [1.807, 2.05) is 43.3 Å². The number of aryl methyl sites for hydroxylation is 2. The lowest BCUT2D eigenvalue weighted by Crippen LogP contribution is -2.21. The van der Waals surface area contributed by atoms with Crippen LogP contribution in [0.1, 0.15) is 44.8 Å². The van der Waals surface area contributed by atoms with E-state index >= 15 is 0 Å². The van der Waals surface area contributed by atoms with Crippen molar-refractivity contribution in [3.05, 3.63) is 81.2 Å². The summed E-state index contributed by atoms with van der Waals surface area (Å²) in [6.45, 7) is 1.97. The molecule has 0 saturated heterocycles. The Hall–Kier alpha value is -3.89. The Bertz CT molecular complexity index is 1520. The van der Waals surface area contributed by atoms with Gasteiger partial charge in [-0.05, 0) is 68.0 Å². The van der Waals surface area contributed by atoms with Crippen LogP contribution in [0, 0.1) is 18.3 Å². The monoisotopic (exact) mass is 469 g/mol. The van der Waals surface area contributed by atoms with E-state index < -0.39 is 0 Å². The zero-order chi connectivity index (χ0) is 23.7. The Morgan fingerprint density at radius 2 is 2.00 bits per heavy atom. The molecule has 1 N–H and O–H groups in total. The van der Waals surface area contributed by atoms with Crippen LogP contribution in [0.5, 0.6) is 5.75 Å². The van der Waals surface area contributed by atoms with Crippen LogP contribution in [-0.2, 0) is 12.8 Å². The van der Waals surface area contributed by atoms with Crippen LogP contribution in [0.25, 0.3) is 11.0 Å². The fourth-order valence-electron chi connectivity index (χ4n) is 4.29. The number of carbonyl (C=O) groups excluding carboxylic acids is 1. The molecule has 5 rings (SSSR count). The van der Waals surface area contributed by atoms with Crippen molar-refractivity contribution in [2.45, 2.75) is 32.6 Å². The second-order valence-electron chi connectivity index (χ2n) is 8.28. The van der Waals surface area contributed by atoms with Crippen molar-refractivity contribution in [2.24, 2.45) is 4.99 Å². The molecule has 6 nitrogen and oxygen atoms in total. The molecule has 2 aromatic carbocycles. The van der Waals surface area contributed by atoms with E-state index in [0.29, 0.717) is 27.6 Å². The Kier molecular flexibility index (Phi) is 5.91. The molecule has 170 valence electrons. The largest absolute Gasteiger partial charge is 0.493 e. The number of ether oxygens (including phenoxy) is 1. The van der Waals surface area contributed by atoms with Crippen molar-refractivity contribution < 1.29 is 13.9 Å². The summed E-state index contributed by atoms with van der Waals surface area (Å²) >= 11 is 1.51. The Balaban J connectivity index is 1.70. The van der Waals surface area contributed by atoms with Gasteiger partial charge in [-0.25, -0.2) is 4.99 Å². The molecule has 0 fully saturated rings. The van der Waals surface area contributed by atoms with Gasteiger partial charge >= 0.3 is 0 Å². The summed E-state index contributed by atoms with van der Waals surface area (Å²) in [7, 11) is 1.57. The van der Waals surface area contributed by atoms with Crippen molar-refractivity contribution >= 4 is 38.9 Å². The first kappa shape index (κ1) is 21.9. The minimum absolute atomic E-state index is 0.150. The molecule has 0 bridgehead atoms. The first-order chi connectivity index (χ1) is 16.6. The van der Waals surface area contributed by atoms with Crippen molar-refractivity contribution in [3.63, 3.8) is 0 Å². The van der Waals surface area contributed by atoms with Gasteiger partial charge in [-0.3, -0.25) is 4.79 Å². The molecule has 34 heavy (non-hydrogen) atoms. The molecule has 1 amide bonds. The lowest BCUT2D eigenvalue weighted by atomic mass is 9.96. The van der Waals surface area contributed by atoms with Gasteiger partial charge < -0.3 is 14.5 Å². The highest BCUT2D eigenvalue weighted by Gasteiger charge is 2.22. The van der Waals surface area contributed by atoms with Crippen LogP contribution in [0.15, 0.2) is 57.9 Å². The Labute approximate surface area is 201 Å². The van der Waals surface area contributed by atoms with Crippen LogP contribution < -0.4 is 15.6 Å². The maximum Gasteiger partial charge on any atom is 0.261 e. The minimum Gasteiger partial charge on any atom is -0.493 e. The molecule has 2 aromatic heterocycles. The number of hydrogen-bond acceptors (Lipinski definition) is 6. The number of fused-ring (bicyclic) bond motifs is 2. The number of thiophene rings is 1. The SMILES string of the molecule is COc1cccc2cc(C(=O)Nc3cccc(C)c3)/c(=N\c3sc4c(c3C#N)CCCC4)oc12. The molecular formula is C27H23N3O3S. The summed E-state index contributed by atoms with van der Waals surface area (Å²) in [5.41, 5.74) is 4.33. The predicted molar refractivity (Wildman–Crippen MR) is 133 cm³/mol. The summed E-state index contributed by atoms with van der Waals surface area (Å²) in [4.78, 5) is 19.3. The lowest BCUT2D eigenvalue weighted by Gasteiger charge is -2.09. The second-order valence-corrected chi connectivity index (χ2v) is 9.37. The standard InChI is InChI=1S/C27H23N3O3S/c1-16-7-5-9-18(13-16)29-25(31)20-14-17-8-6-11-22(32-2)24(17)33-26(20)30-27-21(15-28)19-10-3-4-12-23(19)34-27/h5-9,11,13-14H,3-4,10,12H2,1-2H3,(H,29,31)/b30-26+. The van der Waals surface area contributed by atoms with Crippen LogP contribution in [0.3, 0.4) is 0 Å². The maximum atomic E-state index is 13.4. The first-order valence-corrected chi connectivity index (χ1v) is 12.0. The highest BCUT2D eigenvalue weighted by molar-refractivity contribution is 7.16. The van der Waals surface area contributed by atoms with E-state index in [2.05, 4.69) is 11.4 Å². The molecular weight excluding hydrogens is 446 g/mol. The summed E-state index contributed by atoms with van der Waals surface area (Å²) in [6.07, 6.45) is 4.01. The van der Waals surface area contributed by atoms with Gasteiger partial charge in [0.2, 0.25) is 5.55 Å². The van der Waals surface area contributed by atoms with Crippen molar-refractivity contribution in [2.75, 3.05) is 12.4 Å². The van der Waals surface area contributed by atoms with E-state index in [0.717, 1.165) is 42.2 Å². The van der Waals surface area contributed by atoms with E-state index in [1.165, 1.54) is 16.2 Å². The lowest BCUT2D eigenvalue weighted by molar-refractivity contribution is 0.102. The summed E-state index contributed by atoms with van der Waals surface area (Å²) < 4.78 is 11.6. The Morgan fingerprint density at radius 3 is 2.79 bits per heavy atom. The quantitative estimate of drug-likeness (QED) is 0.394. The summed E-state index contributed by atoms with van der Waals surface area (Å²) in [5.74, 6) is 0.211.